The summed E-state index contributed by atoms with van der Waals surface area (Å²) >= 11 is 0. The zero-order chi connectivity index (χ0) is 21.6. The first-order valence-electron chi connectivity index (χ1n) is 10.6. The average molecular weight is 541 g/mol. The summed E-state index contributed by atoms with van der Waals surface area (Å²) in [4.78, 5) is 4.76. The molecule has 2 aromatic carbocycles. The van der Waals surface area contributed by atoms with Crippen LogP contribution in [-0.2, 0) is 29.2 Å². The number of halogens is 1. The van der Waals surface area contributed by atoms with Gasteiger partial charge >= 0.3 is 0 Å². The Balaban J connectivity index is 0.00000480. The van der Waals surface area contributed by atoms with Gasteiger partial charge in [0.25, 0.3) is 0 Å². The minimum Gasteiger partial charge on any atom is -0.491 e. The zero-order valence-corrected chi connectivity index (χ0v) is 21.4. The molecule has 0 aliphatic carbocycles. The van der Waals surface area contributed by atoms with E-state index in [1.807, 2.05) is 25.1 Å². The van der Waals surface area contributed by atoms with Crippen molar-refractivity contribution in [3.63, 3.8) is 0 Å². The van der Waals surface area contributed by atoms with E-state index in [0.717, 1.165) is 29.4 Å². The number of hydrogen-bond donors (Lipinski definition) is 2. The number of nitrogens with one attached hydrogen (secondary N) is 2. The summed E-state index contributed by atoms with van der Waals surface area (Å²) in [6, 6.07) is 14.5. The number of guanidine groups is 1. The van der Waals surface area contributed by atoms with E-state index in [1.165, 1.54) is 11.1 Å². The number of methoxy groups -OCH3 is 1. The number of hydrogen-bond acceptors (Lipinski definition) is 4. The fourth-order valence-electron chi connectivity index (χ4n) is 2.93. The number of aliphatic imine (C=N–C) groups is 1. The Hall–Kier alpha value is -1.84. The molecule has 0 atom stereocenters. The second kappa shape index (κ2) is 15.9. The Bertz CT molecular complexity index is 799. The first-order chi connectivity index (χ1) is 14.7. The van der Waals surface area contributed by atoms with Crippen LogP contribution in [0.3, 0.4) is 0 Å². The topological polar surface area (TPSA) is 64.1 Å². The second-order valence-corrected chi connectivity index (χ2v) is 6.91. The molecule has 7 heteroatoms. The lowest BCUT2D eigenvalue weighted by Crippen LogP contribution is -2.37. The van der Waals surface area contributed by atoms with Gasteiger partial charge in [0.05, 0.1) is 19.8 Å². The van der Waals surface area contributed by atoms with Gasteiger partial charge in [-0.15, -0.1) is 24.0 Å². The number of nitrogens with zero attached hydrogens (tertiary/aromatic N) is 1. The van der Waals surface area contributed by atoms with Crippen LogP contribution in [0.5, 0.6) is 5.75 Å². The molecule has 0 unspecified atom stereocenters. The van der Waals surface area contributed by atoms with Gasteiger partial charge in [-0.3, -0.25) is 0 Å². The molecular weight excluding hydrogens is 505 g/mol. The molecule has 0 aliphatic heterocycles. The molecule has 2 rings (SSSR count). The summed E-state index contributed by atoms with van der Waals surface area (Å²) in [7, 11) is 1.67. The first kappa shape index (κ1) is 27.2. The Morgan fingerprint density at radius 3 is 2.45 bits per heavy atom. The predicted molar refractivity (Wildman–Crippen MR) is 137 cm³/mol. The van der Waals surface area contributed by atoms with Crippen molar-refractivity contribution in [1.29, 1.82) is 0 Å². The van der Waals surface area contributed by atoms with Crippen molar-refractivity contribution in [3.05, 3.63) is 64.7 Å². The van der Waals surface area contributed by atoms with Crippen molar-refractivity contribution >= 4 is 29.9 Å². The lowest BCUT2D eigenvalue weighted by Gasteiger charge is -2.15. The smallest absolute Gasteiger partial charge is 0.191 e. The van der Waals surface area contributed by atoms with E-state index in [0.29, 0.717) is 39.5 Å². The molecule has 0 aliphatic rings. The van der Waals surface area contributed by atoms with Crippen LogP contribution in [0.1, 0.15) is 36.1 Å². The molecule has 2 N–H and O–H groups in total. The normalized spacial score (nSPS) is 11.0. The van der Waals surface area contributed by atoms with E-state index in [9.17, 15) is 0 Å². The quantitative estimate of drug-likeness (QED) is 0.180. The van der Waals surface area contributed by atoms with Gasteiger partial charge in [0.2, 0.25) is 0 Å². The van der Waals surface area contributed by atoms with Crippen molar-refractivity contribution in [2.75, 3.05) is 33.5 Å². The van der Waals surface area contributed by atoms with Crippen LogP contribution in [0, 0.1) is 6.92 Å². The summed E-state index contributed by atoms with van der Waals surface area (Å²) in [5.74, 6) is 1.63. The third-order valence-electron chi connectivity index (χ3n) is 4.55. The number of aryl methyl sites for hydroxylation is 1. The molecule has 0 heterocycles. The molecule has 0 bridgehead atoms. The van der Waals surface area contributed by atoms with Crippen LogP contribution < -0.4 is 15.4 Å². The van der Waals surface area contributed by atoms with Gasteiger partial charge in [-0.1, -0.05) is 36.4 Å². The highest BCUT2D eigenvalue weighted by Gasteiger charge is 2.07. The van der Waals surface area contributed by atoms with Crippen molar-refractivity contribution < 1.29 is 14.2 Å². The van der Waals surface area contributed by atoms with Crippen LogP contribution in [-0.4, -0.2) is 39.4 Å². The Labute approximate surface area is 203 Å². The van der Waals surface area contributed by atoms with Gasteiger partial charge < -0.3 is 24.8 Å². The van der Waals surface area contributed by atoms with Gasteiger partial charge in [-0.2, -0.15) is 0 Å². The highest BCUT2D eigenvalue weighted by molar-refractivity contribution is 14.0. The van der Waals surface area contributed by atoms with Crippen LogP contribution >= 0.6 is 24.0 Å². The fraction of sp³-hybridized carbons (Fsp3) is 0.458. The summed E-state index contributed by atoms with van der Waals surface area (Å²) in [5, 5.41) is 6.75. The molecule has 31 heavy (non-hydrogen) atoms. The lowest BCUT2D eigenvalue weighted by atomic mass is 10.1. The van der Waals surface area contributed by atoms with Crippen LogP contribution in [0.15, 0.2) is 47.5 Å². The highest BCUT2D eigenvalue weighted by Crippen LogP contribution is 2.21. The summed E-state index contributed by atoms with van der Waals surface area (Å²) in [6.45, 7) is 10.5. The molecule has 0 amide bonds. The molecule has 0 saturated heterocycles. The Morgan fingerprint density at radius 1 is 0.968 bits per heavy atom. The van der Waals surface area contributed by atoms with E-state index in [1.54, 1.807) is 7.11 Å². The van der Waals surface area contributed by atoms with Crippen molar-refractivity contribution in [1.82, 2.24) is 10.6 Å². The monoisotopic (exact) mass is 541 g/mol. The van der Waals surface area contributed by atoms with E-state index in [-0.39, 0.29) is 24.0 Å². The maximum atomic E-state index is 5.88. The SMILES string of the molecule is CCNC(=NCc1ccc(C)cc1OCCOC)NCc1ccccc1COCC.I. The van der Waals surface area contributed by atoms with Gasteiger partial charge in [-0.25, -0.2) is 4.99 Å². The minimum atomic E-state index is 0. The van der Waals surface area contributed by atoms with E-state index in [2.05, 4.69) is 48.7 Å². The number of benzene rings is 2. The zero-order valence-electron chi connectivity index (χ0n) is 19.1. The molecule has 0 spiro atoms. The van der Waals surface area contributed by atoms with E-state index in [4.69, 9.17) is 19.2 Å². The van der Waals surface area contributed by atoms with Crippen molar-refractivity contribution in [2.45, 2.75) is 40.5 Å². The van der Waals surface area contributed by atoms with Crippen LogP contribution in [0.2, 0.25) is 0 Å². The predicted octanol–water partition coefficient (Wildman–Crippen LogP) is 4.43. The third-order valence-corrected chi connectivity index (χ3v) is 4.55. The van der Waals surface area contributed by atoms with Crippen LogP contribution in [0.25, 0.3) is 0 Å². The minimum absolute atomic E-state index is 0. The molecule has 2 aromatic rings. The van der Waals surface area contributed by atoms with E-state index < -0.39 is 0 Å². The molecule has 172 valence electrons. The highest BCUT2D eigenvalue weighted by atomic mass is 127. The van der Waals surface area contributed by atoms with E-state index >= 15 is 0 Å². The molecule has 0 aromatic heterocycles. The molecule has 0 fully saturated rings. The summed E-state index contributed by atoms with van der Waals surface area (Å²) in [5.41, 5.74) is 4.60. The van der Waals surface area contributed by atoms with Crippen molar-refractivity contribution in [3.8, 4) is 5.75 Å². The summed E-state index contributed by atoms with van der Waals surface area (Å²) in [6.07, 6.45) is 0. The average Bonchev–Trinajstić information content (AvgIpc) is 2.76. The molecular formula is C24H36IN3O3. The molecule has 6 nitrogen and oxygen atoms in total. The largest absolute Gasteiger partial charge is 0.491 e. The van der Waals surface area contributed by atoms with Crippen LogP contribution in [0.4, 0.5) is 0 Å². The summed E-state index contributed by atoms with van der Waals surface area (Å²) < 4.78 is 16.6. The second-order valence-electron chi connectivity index (χ2n) is 6.91. The third kappa shape index (κ3) is 9.88. The Morgan fingerprint density at radius 2 is 1.74 bits per heavy atom. The molecule has 0 saturated carbocycles. The molecule has 0 radical (unpaired) electrons. The first-order valence-corrected chi connectivity index (χ1v) is 10.6. The standard InChI is InChI=1S/C24H35N3O3.HI/c1-5-25-24(26-16-20-9-7-8-10-22(20)18-29-6-2)27-17-21-12-11-19(3)15-23(21)30-14-13-28-4;/h7-12,15H,5-6,13-14,16-18H2,1-4H3,(H2,25,26,27);1H. The Kier molecular flexibility index (Phi) is 13.9. The lowest BCUT2D eigenvalue weighted by molar-refractivity contribution is 0.133. The van der Waals surface area contributed by atoms with Gasteiger partial charge in [0.15, 0.2) is 5.96 Å². The maximum absolute atomic E-state index is 5.88. The number of rotatable bonds is 12. The van der Waals surface area contributed by atoms with Gasteiger partial charge in [0, 0.05) is 32.4 Å². The maximum Gasteiger partial charge on any atom is 0.191 e. The number of ether oxygens (including phenoxy) is 3. The van der Waals surface area contributed by atoms with Gasteiger partial charge in [0.1, 0.15) is 12.4 Å². The van der Waals surface area contributed by atoms with Gasteiger partial charge in [-0.05, 0) is 43.5 Å². The fourth-order valence-corrected chi connectivity index (χ4v) is 2.93. The van der Waals surface area contributed by atoms with Crippen molar-refractivity contribution in [2.24, 2.45) is 4.99 Å².